The predicted molar refractivity (Wildman–Crippen MR) is 101 cm³/mol. The van der Waals surface area contributed by atoms with Crippen LogP contribution < -0.4 is 0 Å². The Morgan fingerprint density at radius 2 is 1.82 bits per heavy atom. The van der Waals surface area contributed by atoms with Gasteiger partial charge in [-0.1, -0.05) is 0 Å². The zero-order valence-electron chi connectivity index (χ0n) is 16.1. The number of piperidine rings is 1. The van der Waals surface area contributed by atoms with Gasteiger partial charge in [0.2, 0.25) is 0 Å². The molecule has 3 saturated heterocycles. The molecule has 8 heteroatoms. The molecule has 1 aromatic heterocycles. The number of nitrogens with zero attached hydrogens (tertiary/aromatic N) is 3. The summed E-state index contributed by atoms with van der Waals surface area (Å²) in [5.74, 6) is 0. The molecular weight excluding hydrogens is 387 g/mol. The van der Waals surface area contributed by atoms with Crippen molar-refractivity contribution in [2.45, 2.75) is 49.7 Å². The summed E-state index contributed by atoms with van der Waals surface area (Å²) in [6.45, 7) is 8.06. The van der Waals surface area contributed by atoms with Crippen molar-refractivity contribution >= 4 is 11.9 Å². The highest BCUT2D eigenvalue weighted by Crippen LogP contribution is 2.54. The topological polar surface area (TPSA) is 28.6 Å². The minimum Gasteiger partial charge on any atom is -0.380 e. The highest BCUT2D eigenvalue weighted by Gasteiger charge is 2.56. The van der Waals surface area contributed by atoms with Crippen molar-refractivity contribution < 1.29 is 17.9 Å². The first-order valence-corrected chi connectivity index (χ1v) is 10.8. The molecule has 4 nitrogen and oxygen atoms in total. The normalized spacial score (nSPS) is 27.4. The molecule has 1 saturated carbocycles. The Kier molecular flexibility index (Phi) is 4.51. The minimum absolute atomic E-state index is 0.494. The standard InChI is InChI=1S/C20H26F3N3OS/c1-14-6-17(20(21,22)23)24-9-16(14)28-26-4-2-18(3-5-26)7-15(8-18)25-10-19(11-25)12-27-13-19/h6,9,15H,2-5,7-8,10-13H2,1H3. The van der Waals surface area contributed by atoms with Crippen molar-refractivity contribution in [3.8, 4) is 0 Å². The molecule has 4 heterocycles. The van der Waals surface area contributed by atoms with Gasteiger partial charge in [0, 0.05) is 48.7 Å². The van der Waals surface area contributed by atoms with E-state index in [0.717, 1.165) is 43.3 Å². The second-order valence-corrected chi connectivity index (χ2v) is 10.5. The van der Waals surface area contributed by atoms with Crippen molar-refractivity contribution in [2.24, 2.45) is 10.8 Å². The van der Waals surface area contributed by atoms with Crippen molar-refractivity contribution in [2.75, 3.05) is 39.4 Å². The van der Waals surface area contributed by atoms with Crippen LogP contribution in [0.3, 0.4) is 0 Å². The summed E-state index contributed by atoms with van der Waals surface area (Å²) >= 11 is 1.56. The molecule has 0 atom stereocenters. The van der Waals surface area contributed by atoms with E-state index in [0.29, 0.717) is 16.4 Å². The van der Waals surface area contributed by atoms with Crippen molar-refractivity contribution in [3.63, 3.8) is 0 Å². The van der Waals surface area contributed by atoms with E-state index in [-0.39, 0.29) is 0 Å². The Hall–Kier alpha value is -0.830. The van der Waals surface area contributed by atoms with Gasteiger partial charge in [-0.15, -0.1) is 0 Å². The minimum atomic E-state index is -4.38. The average molecular weight is 414 g/mol. The molecule has 154 valence electrons. The molecule has 0 bridgehead atoms. The number of ether oxygens (including phenoxy) is 1. The number of alkyl halides is 3. The lowest BCUT2D eigenvalue weighted by molar-refractivity contribution is -0.215. The van der Waals surface area contributed by atoms with Gasteiger partial charge in [-0.3, -0.25) is 9.88 Å². The van der Waals surface area contributed by atoms with Gasteiger partial charge in [-0.05, 0) is 61.6 Å². The molecule has 3 aliphatic heterocycles. The van der Waals surface area contributed by atoms with Crippen molar-refractivity contribution in [1.29, 1.82) is 0 Å². The van der Waals surface area contributed by atoms with Crippen LogP contribution in [0.4, 0.5) is 13.2 Å². The summed E-state index contributed by atoms with van der Waals surface area (Å²) in [4.78, 5) is 7.08. The smallest absolute Gasteiger partial charge is 0.380 e. The molecule has 28 heavy (non-hydrogen) atoms. The molecule has 1 aromatic rings. The third-order valence-electron chi connectivity index (χ3n) is 7.11. The number of aromatic nitrogens is 1. The summed E-state index contributed by atoms with van der Waals surface area (Å²) in [7, 11) is 0. The van der Waals surface area contributed by atoms with Crippen molar-refractivity contribution in [3.05, 3.63) is 23.5 Å². The van der Waals surface area contributed by atoms with Crippen LogP contribution in [-0.2, 0) is 10.9 Å². The van der Waals surface area contributed by atoms with E-state index in [9.17, 15) is 13.2 Å². The van der Waals surface area contributed by atoms with E-state index in [1.54, 1.807) is 18.9 Å². The third-order valence-corrected chi connectivity index (χ3v) is 8.36. The lowest BCUT2D eigenvalue weighted by Gasteiger charge is -2.63. The Labute approximate surface area is 167 Å². The summed E-state index contributed by atoms with van der Waals surface area (Å²) in [5, 5.41) is 0. The van der Waals surface area contributed by atoms with Crippen molar-refractivity contribution in [1.82, 2.24) is 14.2 Å². The van der Waals surface area contributed by atoms with E-state index in [4.69, 9.17) is 4.74 Å². The summed E-state index contributed by atoms with van der Waals surface area (Å²) in [6.07, 6.45) is 1.98. The lowest BCUT2D eigenvalue weighted by Crippen LogP contribution is -2.70. The molecule has 0 unspecified atom stereocenters. The lowest BCUT2D eigenvalue weighted by atomic mass is 9.59. The first kappa shape index (κ1) is 19.2. The van der Waals surface area contributed by atoms with Gasteiger partial charge in [0.05, 0.1) is 13.2 Å². The largest absolute Gasteiger partial charge is 0.433 e. The quantitative estimate of drug-likeness (QED) is 0.699. The summed E-state index contributed by atoms with van der Waals surface area (Å²) < 4.78 is 46.0. The molecule has 0 N–H and O–H groups in total. The molecular formula is C20H26F3N3OS. The zero-order valence-corrected chi connectivity index (χ0v) is 16.9. The monoisotopic (exact) mass is 413 g/mol. The zero-order chi connectivity index (χ0) is 19.6. The Morgan fingerprint density at radius 1 is 1.14 bits per heavy atom. The fraction of sp³-hybridized carbons (Fsp3) is 0.750. The molecule has 4 fully saturated rings. The van der Waals surface area contributed by atoms with Crippen LogP contribution in [0.25, 0.3) is 0 Å². The van der Waals surface area contributed by atoms with Crippen LogP contribution in [-0.4, -0.2) is 59.6 Å². The Bertz CT molecular complexity index is 744. The fourth-order valence-corrected chi connectivity index (χ4v) is 6.18. The molecule has 4 aliphatic rings. The van der Waals surface area contributed by atoms with Crippen LogP contribution in [0.15, 0.2) is 17.2 Å². The summed E-state index contributed by atoms with van der Waals surface area (Å²) in [6, 6.07) is 1.91. The summed E-state index contributed by atoms with van der Waals surface area (Å²) in [5.41, 5.74) is 0.821. The number of aryl methyl sites for hydroxylation is 1. The van der Waals surface area contributed by atoms with Gasteiger partial charge in [0.1, 0.15) is 5.69 Å². The first-order chi connectivity index (χ1) is 13.3. The molecule has 0 aromatic carbocycles. The Balaban J connectivity index is 1.10. The number of rotatable bonds is 3. The van der Waals surface area contributed by atoms with Crippen LogP contribution in [0.5, 0.6) is 0 Å². The van der Waals surface area contributed by atoms with E-state index < -0.39 is 11.9 Å². The van der Waals surface area contributed by atoms with Gasteiger partial charge in [0.15, 0.2) is 0 Å². The van der Waals surface area contributed by atoms with Gasteiger partial charge < -0.3 is 4.74 Å². The van der Waals surface area contributed by atoms with E-state index in [1.165, 1.54) is 45.0 Å². The van der Waals surface area contributed by atoms with Gasteiger partial charge in [0.25, 0.3) is 0 Å². The van der Waals surface area contributed by atoms with E-state index in [1.807, 2.05) is 0 Å². The van der Waals surface area contributed by atoms with Crippen LogP contribution >= 0.6 is 11.9 Å². The van der Waals surface area contributed by atoms with Gasteiger partial charge in [-0.25, -0.2) is 4.31 Å². The SMILES string of the molecule is Cc1cc(C(F)(F)F)ncc1SN1CCC2(CC1)CC(N1CC3(COC3)C1)C2. The van der Waals surface area contributed by atoms with Crippen LogP contribution in [0.2, 0.25) is 0 Å². The highest BCUT2D eigenvalue weighted by atomic mass is 32.2. The maximum Gasteiger partial charge on any atom is 0.433 e. The van der Waals surface area contributed by atoms with E-state index in [2.05, 4.69) is 14.2 Å². The maximum atomic E-state index is 12.8. The molecule has 0 amide bonds. The highest BCUT2D eigenvalue weighted by molar-refractivity contribution is 7.97. The number of halogens is 3. The number of likely N-dealkylation sites (tertiary alicyclic amines) is 1. The second-order valence-electron chi connectivity index (χ2n) is 9.31. The molecule has 1 aliphatic carbocycles. The van der Waals surface area contributed by atoms with E-state index >= 15 is 0 Å². The predicted octanol–water partition coefficient (Wildman–Crippen LogP) is 3.99. The molecule has 2 spiro atoms. The third kappa shape index (κ3) is 3.36. The first-order valence-electron chi connectivity index (χ1n) is 10.0. The Morgan fingerprint density at radius 3 is 2.36 bits per heavy atom. The fourth-order valence-electron chi connectivity index (χ4n) is 5.24. The molecule has 5 rings (SSSR count). The average Bonchev–Trinajstić information content (AvgIpc) is 2.53. The number of pyridine rings is 1. The maximum absolute atomic E-state index is 12.8. The van der Waals surface area contributed by atoms with Crippen LogP contribution in [0.1, 0.15) is 36.9 Å². The van der Waals surface area contributed by atoms with Crippen LogP contribution in [0, 0.1) is 17.8 Å². The number of hydrogen-bond donors (Lipinski definition) is 0. The number of hydrogen-bond acceptors (Lipinski definition) is 5. The van der Waals surface area contributed by atoms with Gasteiger partial charge >= 0.3 is 6.18 Å². The second kappa shape index (κ2) is 6.59. The van der Waals surface area contributed by atoms with Gasteiger partial charge in [-0.2, -0.15) is 13.2 Å². The molecule has 0 radical (unpaired) electrons.